The Morgan fingerprint density at radius 1 is 0.640 bits per heavy atom. The largest absolute Gasteiger partial charge is 2.00 e. The third kappa shape index (κ3) is 7.68. The fourth-order valence-electron chi connectivity index (χ4n) is 2.21. The SMILES string of the molecule is C[C@H](c1ccccc1[S-])N(C)C.C[C@H](c1ccccc1[S-])N(C)C.[Zn+2]. The van der Waals surface area contributed by atoms with Crippen molar-refractivity contribution in [1.29, 1.82) is 0 Å². The maximum atomic E-state index is 5.22. The molecule has 0 bridgehead atoms. The molecule has 25 heavy (non-hydrogen) atoms. The van der Waals surface area contributed by atoms with Crippen LogP contribution in [0.15, 0.2) is 58.3 Å². The van der Waals surface area contributed by atoms with E-state index >= 15 is 0 Å². The summed E-state index contributed by atoms with van der Waals surface area (Å²) in [6.07, 6.45) is 0. The van der Waals surface area contributed by atoms with E-state index in [-0.39, 0.29) is 19.5 Å². The summed E-state index contributed by atoms with van der Waals surface area (Å²) in [4.78, 5) is 6.23. The molecule has 0 radical (unpaired) electrons. The molecule has 2 aromatic carbocycles. The zero-order chi connectivity index (χ0) is 18.3. The van der Waals surface area contributed by atoms with E-state index in [0.717, 1.165) is 9.79 Å². The number of hydrogen-bond acceptors (Lipinski definition) is 4. The molecule has 5 heteroatoms. The van der Waals surface area contributed by atoms with Crippen LogP contribution in [0.5, 0.6) is 0 Å². The second-order valence-electron chi connectivity index (χ2n) is 6.35. The average Bonchev–Trinajstić information content (AvgIpc) is 2.55. The Kier molecular flexibility index (Phi) is 11.7. The van der Waals surface area contributed by atoms with E-state index in [1.165, 1.54) is 11.1 Å². The Morgan fingerprint density at radius 2 is 0.920 bits per heavy atom. The van der Waals surface area contributed by atoms with Crippen molar-refractivity contribution in [3.63, 3.8) is 0 Å². The molecule has 2 atom stereocenters. The van der Waals surface area contributed by atoms with Crippen LogP contribution in [0.25, 0.3) is 0 Å². The first kappa shape index (κ1) is 24.4. The van der Waals surface area contributed by atoms with Crippen LogP contribution in [0.4, 0.5) is 0 Å². The molecule has 2 rings (SSSR count). The number of benzene rings is 2. The van der Waals surface area contributed by atoms with Crippen LogP contribution in [0.2, 0.25) is 0 Å². The van der Waals surface area contributed by atoms with Gasteiger partial charge in [0.15, 0.2) is 0 Å². The standard InChI is InChI=1S/2C10H15NS.Zn/c2*1-8(11(2)3)9-6-4-5-7-10(9)12;/h2*4-8,12H,1-3H3;/q;;+2/p-2/t2*8-;/m11./s1. The molecule has 0 spiro atoms. The van der Waals surface area contributed by atoms with Gasteiger partial charge in [0, 0.05) is 12.1 Å². The van der Waals surface area contributed by atoms with Gasteiger partial charge in [-0.15, -0.1) is 0 Å². The van der Waals surface area contributed by atoms with Crippen LogP contribution in [0.1, 0.15) is 37.1 Å². The van der Waals surface area contributed by atoms with Gasteiger partial charge >= 0.3 is 19.5 Å². The molecule has 0 aliphatic rings. The van der Waals surface area contributed by atoms with E-state index in [9.17, 15) is 0 Å². The van der Waals surface area contributed by atoms with Gasteiger partial charge in [-0.05, 0) is 42.0 Å². The van der Waals surface area contributed by atoms with Crippen LogP contribution in [-0.2, 0) is 44.7 Å². The van der Waals surface area contributed by atoms with E-state index < -0.39 is 0 Å². The van der Waals surface area contributed by atoms with Gasteiger partial charge in [0.1, 0.15) is 0 Å². The third-order valence-electron chi connectivity index (χ3n) is 4.29. The Hall–Kier alpha value is -0.577. The molecule has 2 aromatic rings. The minimum absolute atomic E-state index is 0. The molecule has 0 saturated heterocycles. The smallest absolute Gasteiger partial charge is 0.779 e. The zero-order valence-electron chi connectivity index (χ0n) is 16.2. The third-order valence-corrected chi connectivity index (χ3v) is 5.03. The molecule has 2 nitrogen and oxygen atoms in total. The maximum Gasteiger partial charge on any atom is 2.00 e. The predicted molar refractivity (Wildman–Crippen MR) is 108 cm³/mol. The first-order valence-corrected chi connectivity index (χ1v) is 8.92. The number of hydrogen-bond donors (Lipinski definition) is 0. The molecule has 0 fully saturated rings. The Labute approximate surface area is 177 Å². The number of nitrogens with zero attached hydrogens (tertiary/aromatic N) is 2. The van der Waals surface area contributed by atoms with Crippen molar-refractivity contribution in [3.8, 4) is 0 Å². The average molecular weight is 426 g/mol. The van der Waals surface area contributed by atoms with Crippen LogP contribution in [0, 0.1) is 0 Å². The molecule has 132 valence electrons. The minimum atomic E-state index is 0. The molecule has 0 amide bonds. The molecule has 0 unspecified atom stereocenters. The van der Waals surface area contributed by atoms with E-state index in [1.807, 2.05) is 36.4 Å². The van der Waals surface area contributed by atoms with Crippen molar-refractivity contribution in [3.05, 3.63) is 59.7 Å². The van der Waals surface area contributed by atoms with Crippen LogP contribution >= 0.6 is 0 Å². The number of rotatable bonds is 4. The Balaban J connectivity index is 0.000000443. The summed E-state index contributed by atoms with van der Waals surface area (Å²) >= 11 is 10.4. The van der Waals surface area contributed by atoms with Crippen molar-refractivity contribution in [2.24, 2.45) is 0 Å². The molecular formula is C20H28N2S2Zn. The maximum absolute atomic E-state index is 5.22. The summed E-state index contributed by atoms with van der Waals surface area (Å²) in [6.45, 7) is 4.32. The molecule has 0 saturated carbocycles. The van der Waals surface area contributed by atoms with E-state index in [0.29, 0.717) is 12.1 Å². The predicted octanol–water partition coefficient (Wildman–Crippen LogP) is 4.43. The van der Waals surface area contributed by atoms with Crippen LogP contribution in [0.3, 0.4) is 0 Å². The van der Waals surface area contributed by atoms with E-state index in [1.54, 1.807) is 0 Å². The van der Waals surface area contributed by atoms with Gasteiger partial charge in [0.2, 0.25) is 0 Å². The summed E-state index contributed by atoms with van der Waals surface area (Å²) < 4.78 is 0. The van der Waals surface area contributed by atoms with Gasteiger partial charge in [-0.1, -0.05) is 59.7 Å². The summed E-state index contributed by atoms with van der Waals surface area (Å²) in [5.74, 6) is 0. The van der Waals surface area contributed by atoms with Crippen molar-refractivity contribution in [1.82, 2.24) is 9.80 Å². The van der Waals surface area contributed by atoms with Crippen LogP contribution < -0.4 is 0 Å². The normalized spacial score (nSPS) is 12.8. The van der Waals surface area contributed by atoms with Gasteiger partial charge in [-0.3, -0.25) is 0 Å². The molecule has 0 aromatic heterocycles. The molecule has 0 aliphatic carbocycles. The van der Waals surface area contributed by atoms with E-state index in [2.05, 4.69) is 64.0 Å². The quantitative estimate of drug-likeness (QED) is 0.528. The molecule has 0 heterocycles. The topological polar surface area (TPSA) is 6.48 Å². The Morgan fingerprint density at radius 3 is 1.16 bits per heavy atom. The van der Waals surface area contributed by atoms with Gasteiger partial charge < -0.3 is 35.1 Å². The Bertz CT molecular complexity index is 577. The minimum Gasteiger partial charge on any atom is -0.779 e. The second-order valence-corrected chi connectivity index (χ2v) is 7.23. The molecular weight excluding hydrogens is 398 g/mol. The van der Waals surface area contributed by atoms with Crippen molar-refractivity contribution >= 4 is 25.3 Å². The van der Waals surface area contributed by atoms with Gasteiger partial charge in [0.25, 0.3) is 0 Å². The van der Waals surface area contributed by atoms with Crippen molar-refractivity contribution in [2.45, 2.75) is 35.7 Å². The zero-order valence-corrected chi connectivity index (χ0v) is 20.8. The van der Waals surface area contributed by atoms with E-state index in [4.69, 9.17) is 25.3 Å². The first-order valence-electron chi connectivity index (χ1n) is 8.10. The second kappa shape index (κ2) is 11.9. The van der Waals surface area contributed by atoms with Crippen molar-refractivity contribution < 1.29 is 19.5 Å². The fourth-order valence-corrected chi connectivity index (χ4v) is 2.84. The summed E-state index contributed by atoms with van der Waals surface area (Å²) in [6, 6.07) is 17.0. The van der Waals surface area contributed by atoms with Crippen LogP contribution in [-0.4, -0.2) is 38.0 Å². The molecule has 0 N–H and O–H groups in total. The van der Waals surface area contributed by atoms with Gasteiger partial charge in [-0.2, -0.15) is 9.79 Å². The van der Waals surface area contributed by atoms with Gasteiger partial charge in [0.05, 0.1) is 0 Å². The molecule has 0 aliphatic heterocycles. The summed E-state index contributed by atoms with van der Waals surface area (Å²) in [5, 5.41) is 0. The van der Waals surface area contributed by atoms with Gasteiger partial charge in [-0.25, -0.2) is 0 Å². The van der Waals surface area contributed by atoms with Crippen molar-refractivity contribution in [2.75, 3.05) is 28.2 Å². The fraction of sp³-hybridized carbons (Fsp3) is 0.400. The monoisotopic (exact) mass is 424 g/mol. The first-order chi connectivity index (χ1) is 11.3. The summed E-state index contributed by atoms with van der Waals surface area (Å²) in [5.41, 5.74) is 2.47. The summed E-state index contributed by atoms with van der Waals surface area (Å²) in [7, 11) is 8.25.